The average molecular weight is 206 g/mol. The summed E-state index contributed by atoms with van der Waals surface area (Å²) in [6.45, 7) is 5.42. The Morgan fingerprint density at radius 3 is 3.00 bits per heavy atom. The molecule has 1 aliphatic rings. The third-order valence-electron chi connectivity index (χ3n) is 2.23. The van der Waals surface area contributed by atoms with E-state index in [0.717, 1.165) is 11.1 Å². The lowest BCUT2D eigenvalue weighted by molar-refractivity contribution is 0.479. The smallest absolute Gasteiger partial charge is 0.0898 e. The second-order valence-corrected chi connectivity index (χ2v) is 3.45. The van der Waals surface area contributed by atoms with Crippen molar-refractivity contribution in [3.8, 4) is 0 Å². The second-order valence-electron chi connectivity index (χ2n) is 3.45. The molecule has 3 heteroatoms. The van der Waals surface area contributed by atoms with Crippen molar-refractivity contribution in [2.45, 2.75) is 19.8 Å². The molecule has 0 saturated carbocycles. The summed E-state index contributed by atoms with van der Waals surface area (Å²) in [5.74, 6) is 0. The van der Waals surface area contributed by atoms with Crippen molar-refractivity contribution < 1.29 is 4.39 Å². The Balaban J connectivity index is 2.75. The highest BCUT2D eigenvalue weighted by atomic mass is 19.1. The molecular weight excluding hydrogens is 191 g/mol. The summed E-state index contributed by atoms with van der Waals surface area (Å²) in [6.07, 6.45) is 6.09. The van der Waals surface area contributed by atoms with Crippen LogP contribution in [0, 0.1) is 5.41 Å². The first-order chi connectivity index (χ1) is 7.15. The number of hydrogen-bond acceptors (Lipinski definition) is 2. The van der Waals surface area contributed by atoms with Gasteiger partial charge in [-0.1, -0.05) is 6.58 Å². The Kier molecular flexibility index (Phi) is 4.16. The molecule has 0 saturated heterocycles. The van der Waals surface area contributed by atoms with Gasteiger partial charge in [0.05, 0.1) is 18.1 Å². The van der Waals surface area contributed by atoms with Crippen LogP contribution in [-0.2, 0) is 0 Å². The van der Waals surface area contributed by atoms with E-state index in [9.17, 15) is 4.39 Å². The van der Waals surface area contributed by atoms with Gasteiger partial charge < -0.3 is 5.41 Å². The molecule has 1 heterocycles. The van der Waals surface area contributed by atoms with Crippen LogP contribution in [0.25, 0.3) is 0 Å². The Hall–Kier alpha value is -1.51. The maximum atomic E-state index is 12.0. The van der Waals surface area contributed by atoms with Crippen molar-refractivity contribution in [2.75, 3.05) is 6.67 Å². The maximum absolute atomic E-state index is 12.0. The number of allylic oxidation sites excluding steroid dienone is 5. The Bertz CT molecular complexity index is 362. The molecule has 0 spiro atoms. The van der Waals surface area contributed by atoms with Crippen molar-refractivity contribution in [3.05, 3.63) is 35.6 Å². The van der Waals surface area contributed by atoms with E-state index in [1.807, 2.05) is 13.0 Å². The number of halogens is 1. The molecule has 0 amide bonds. The van der Waals surface area contributed by atoms with Crippen LogP contribution in [-0.4, -0.2) is 18.6 Å². The van der Waals surface area contributed by atoms with E-state index in [1.54, 1.807) is 12.3 Å². The molecule has 1 aliphatic heterocycles. The van der Waals surface area contributed by atoms with Crippen LogP contribution in [0.4, 0.5) is 4.39 Å². The van der Waals surface area contributed by atoms with Gasteiger partial charge in [0.1, 0.15) is 0 Å². The predicted octanol–water partition coefficient (Wildman–Crippen LogP) is 3.23. The van der Waals surface area contributed by atoms with E-state index in [0.29, 0.717) is 24.3 Å². The molecule has 0 bridgehead atoms. The first-order valence-corrected chi connectivity index (χ1v) is 4.91. The van der Waals surface area contributed by atoms with Crippen LogP contribution < -0.4 is 0 Å². The van der Waals surface area contributed by atoms with Crippen molar-refractivity contribution in [1.82, 2.24) is 0 Å². The standard InChI is InChI=1S/C12H15FN2/c1-9-5-7-15-12(8-10(9)2)11(14)4-3-6-13/h5,7-8,14H,2-4,6H2,1H3. The molecule has 15 heavy (non-hydrogen) atoms. The minimum Gasteiger partial charge on any atom is -0.303 e. The Morgan fingerprint density at radius 2 is 2.33 bits per heavy atom. The molecule has 0 aromatic carbocycles. The summed E-state index contributed by atoms with van der Waals surface area (Å²) in [5.41, 5.74) is 2.84. The number of aliphatic imine (C=N–C) groups is 1. The van der Waals surface area contributed by atoms with Gasteiger partial charge in [0.15, 0.2) is 0 Å². The number of rotatable bonds is 4. The molecule has 80 valence electrons. The summed E-state index contributed by atoms with van der Waals surface area (Å²) in [6, 6.07) is 0. The van der Waals surface area contributed by atoms with Gasteiger partial charge in [-0.05, 0) is 43.1 Å². The highest BCUT2D eigenvalue weighted by Gasteiger charge is 2.06. The Labute approximate surface area is 89.4 Å². The number of hydrogen-bond donors (Lipinski definition) is 1. The molecule has 0 atom stereocenters. The normalized spacial score (nSPS) is 15.7. The maximum Gasteiger partial charge on any atom is 0.0898 e. The van der Waals surface area contributed by atoms with E-state index in [4.69, 9.17) is 5.41 Å². The van der Waals surface area contributed by atoms with Crippen LogP contribution in [0.3, 0.4) is 0 Å². The molecule has 0 unspecified atom stereocenters. The first kappa shape index (κ1) is 11.6. The molecule has 0 aromatic heterocycles. The molecule has 2 nitrogen and oxygen atoms in total. The van der Waals surface area contributed by atoms with Crippen LogP contribution >= 0.6 is 0 Å². The Morgan fingerprint density at radius 1 is 1.60 bits per heavy atom. The van der Waals surface area contributed by atoms with E-state index >= 15 is 0 Å². The number of nitrogens with zero attached hydrogens (tertiary/aromatic N) is 1. The van der Waals surface area contributed by atoms with E-state index < -0.39 is 6.67 Å². The van der Waals surface area contributed by atoms with E-state index in [-0.39, 0.29) is 0 Å². The van der Waals surface area contributed by atoms with Gasteiger partial charge in [-0.2, -0.15) is 0 Å². The van der Waals surface area contributed by atoms with Crippen molar-refractivity contribution >= 4 is 11.9 Å². The molecule has 0 fully saturated rings. The monoisotopic (exact) mass is 206 g/mol. The molecule has 0 aliphatic carbocycles. The fraction of sp³-hybridized carbons (Fsp3) is 0.333. The minimum atomic E-state index is -0.391. The van der Waals surface area contributed by atoms with Crippen LogP contribution in [0.15, 0.2) is 40.6 Å². The zero-order valence-corrected chi connectivity index (χ0v) is 8.89. The van der Waals surface area contributed by atoms with Crippen LogP contribution in [0.5, 0.6) is 0 Å². The zero-order chi connectivity index (χ0) is 11.3. The summed E-state index contributed by atoms with van der Waals surface area (Å²) in [7, 11) is 0. The highest BCUT2D eigenvalue weighted by Crippen LogP contribution is 2.16. The second kappa shape index (κ2) is 5.39. The molecule has 0 radical (unpaired) electrons. The summed E-state index contributed by atoms with van der Waals surface area (Å²) in [5, 5.41) is 7.73. The minimum absolute atomic E-state index is 0.369. The predicted molar refractivity (Wildman–Crippen MR) is 62.4 cm³/mol. The topological polar surface area (TPSA) is 36.2 Å². The van der Waals surface area contributed by atoms with Gasteiger partial charge in [0, 0.05) is 6.21 Å². The molecule has 1 rings (SSSR count). The first-order valence-electron chi connectivity index (χ1n) is 4.91. The zero-order valence-electron chi connectivity index (χ0n) is 8.89. The van der Waals surface area contributed by atoms with Gasteiger partial charge in [-0.25, -0.2) is 0 Å². The van der Waals surface area contributed by atoms with Gasteiger partial charge >= 0.3 is 0 Å². The molecule has 1 N–H and O–H groups in total. The number of alkyl halides is 1. The van der Waals surface area contributed by atoms with Crippen molar-refractivity contribution in [3.63, 3.8) is 0 Å². The van der Waals surface area contributed by atoms with Gasteiger partial charge in [0.25, 0.3) is 0 Å². The van der Waals surface area contributed by atoms with Gasteiger partial charge in [-0.3, -0.25) is 9.38 Å². The highest BCUT2D eigenvalue weighted by molar-refractivity contribution is 6.00. The van der Waals surface area contributed by atoms with Crippen LogP contribution in [0.2, 0.25) is 0 Å². The van der Waals surface area contributed by atoms with Crippen molar-refractivity contribution in [1.29, 1.82) is 5.41 Å². The average Bonchev–Trinajstić information content (AvgIpc) is 2.38. The van der Waals surface area contributed by atoms with Crippen LogP contribution in [0.1, 0.15) is 19.8 Å². The quantitative estimate of drug-likeness (QED) is 0.686. The lowest BCUT2D eigenvalue weighted by atomic mass is 10.1. The lowest BCUT2D eigenvalue weighted by Gasteiger charge is -2.03. The van der Waals surface area contributed by atoms with E-state index in [1.165, 1.54) is 0 Å². The third-order valence-corrected chi connectivity index (χ3v) is 2.23. The lowest BCUT2D eigenvalue weighted by Crippen LogP contribution is -2.00. The third kappa shape index (κ3) is 3.27. The fourth-order valence-electron chi connectivity index (χ4n) is 1.19. The van der Waals surface area contributed by atoms with Crippen molar-refractivity contribution in [2.24, 2.45) is 4.99 Å². The summed E-state index contributed by atoms with van der Waals surface area (Å²) in [4.78, 5) is 4.13. The van der Waals surface area contributed by atoms with Gasteiger partial charge in [-0.15, -0.1) is 0 Å². The van der Waals surface area contributed by atoms with Gasteiger partial charge in [0.2, 0.25) is 0 Å². The summed E-state index contributed by atoms with van der Waals surface area (Å²) >= 11 is 0. The molecular formula is C12H15FN2. The van der Waals surface area contributed by atoms with E-state index in [2.05, 4.69) is 11.6 Å². The number of nitrogens with one attached hydrogen (secondary N) is 1. The molecule has 0 aromatic rings. The fourth-order valence-corrected chi connectivity index (χ4v) is 1.19. The largest absolute Gasteiger partial charge is 0.303 e. The summed E-state index contributed by atoms with van der Waals surface area (Å²) < 4.78 is 12.0. The SMILES string of the molecule is C=C1C=C(C(=N)CCCF)N=CC=C1C.